The van der Waals surface area contributed by atoms with Crippen molar-refractivity contribution in [3.8, 4) is 22.3 Å². The van der Waals surface area contributed by atoms with E-state index in [0.717, 1.165) is 134 Å². The highest BCUT2D eigenvalue weighted by molar-refractivity contribution is 6.24. The van der Waals surface area contributed by atoms with E-state index in [1.165, 1.54) is 64.6 Å². The molecule has 110 heavy (non-hydrogen) atoms. The van der Waals surface area contributed by atoms with Gasteiger partial charge in [0.1, 0.15) is 0 Å². The first kappa shape index (κ1) is 63.9. The van der Waals surface area contributed by atoms with Crippen LogP contribution in [0.25, 0.3) is 130 Å². The number of nitrogens with zero attached hydrogens (tertiary/aromatic N) is 4. The maximum Gasteiger partial charge on any atom is 0.0540 e. The molecular formula is C106H70N4. The Morgan fingerprint density at radius 3 is 0.500 bits per heavy atom. The predicted octanol–water partition coefficient (Wildman–Crippen LogP) is 30.4. The van der Waals surface area contributed by atoms with Crippen LogP contribution >= 0.6 is 0 Å². The van der Waals surface area contributed by atoms with Crippen LogP contribution in [-0.2, 0) is 0 Å². The summed E-state index contributed by atoms with van der Waals surface area (Å²) in [6.07, 6.45) is 0. The van der Waals surface area contributed by atoms with E-state index in [2.05, 4.69) is 444 Å². The third-order valence-corrected chi connectivity index (χ3v) is 22.5. The minimum absolute atomic E-state index is 1.04. The molecule has 0 bridgehead atoms. The Labute approximate surface area is 638 Å². The fraction of sp³-hybridized carbons (Fsp3) is 0. The van der Waals surface area contributed by atoms with E-state index in [4.69, 9.17) is 0 Å². The molecule has 21 rings (SSSR count). The molecule has 0 amide bonds. The van der Waals surface area contributed by atoms with Crippen molar-refractivity contribution in [1.82, 2.24) is 0 Å². The number of fused-ring (bicyclic) bond motifs is 10. The van der Waals surface area contributed by atoms with Gasteiger partial charge < -0.3 is 19.6 Å². The molecule has 0 aromatic heterocycles. The van der Waals surface area contributed by atoms with Crippen LogP contribution in [0.4, 0.5) is 68.2 Å². The molecule has 0 saturated carbocycles. The first-order valence-corrected chi connectivity index (χ1v) is 37.9. The Kier molecular flexibility index (Phi) is 15.5. The molecule has 0 unspecified atom stereocenters. The topological polar surface area (TPSA) is 13.0 Å². The van der Waals surface area contributed by atoms with E-state index < -0.39 is 0 Å². The molecule has 0 aliphatic carbocycles. The molecule has 0 heterocycles. The molecule has 0 N–H and O–H groups in total. The molecule has 0 spiro atoms. The number of hydrogen-bond acceptors (Lipinski definition) is 4. The zero-order valence-electron chi connectivity index (χ0n) is 60.2. The number of anilines is 12. The van der Waals surface area contributed by atoms with Crippen molar-refractivity contribution in [2.45, 2.75) is 0 Å². The van der Waals surface area contributed by atoms with Crippen molar-refractivity contribution in [3.63, 3.8) is 0 Å². The van der Waals surface area contributed by atoms with Gasteiger partial charge in [-0.1, -0.05) is 328 Å². The number of hydrogen-bond donors (Lipinski definition) is 0. The Hall–Kier alpha value is -14.6. The molecule has 0 aliphatic heterocycles. The summed E-state index contributed by atoms with van der Waals surface area (Å²) in [5.74, 6) is 0. The smallest absolute Gasteiger partial charge is 0.0540 e. The van der Waals surface area contributed by atoms with Crippen molar-refractivity contribution in [2.75, 3.05) is 19.6 Å². The summed E-state index contributed by atoms with van der Waals surface area (Å²) in [4.78, 5) is 9.94. The average molecular weight is 1400 g/mol. The molecule has 0 aliphatic rings. The molecule has 21 aromatic carbocycles. The van der Waals surface area contributed by atoms with Crippen molar-refractivity contribution in [2.24, 2.45) is 0 Å². The maximum atomic E-state index is 2.51. The molecule has 0 fully saturated rings. The van der Waals surface area contributed by atoms with E-state index in [1.807, 2.05) is 0 Å². The Morgan fingerprint density at radius 2 is 0.291 bits per heavy atom. The highest BCUT2D eigenvalue weighted by Crippen LogP contribution is 2.53. The fourth-order valence-corrected chi connectivity index (χ4v) is 17.5. The van der Waals surface area contributed by atoms with Gasteiger partial charge in [0, 0.05) is 65.8 Å². The lowest BCUT2D eigenvalue weighted by Gasteiger charge is -2.30. The van der Waals surface area contributed by atoms with E-state index >= 15 is 0 Å². The van der Waals surface area contributed by atoms with Gasteiger partial charge in [0.25, 0.3) is 0 Å². The van der Waals surface area contributed by atoms with E-state index in [9.17, 15) is 0 Å². The fourth-order valence-electron chi connectivity index (χ4n) is 17.5. The van der Waals surface area contributed by atoms with Crippen LogP contribution in [0.1, 0.15) is 0 Å². The SMILES string of the molecule is c1ccc2c(N(c3ccc(-c4c5ccc(N(c6cccc7ccccc67)c6cccc7ccccc67)cc5c(-c5ccc(N(c6cccc7ccccc67)c6cccc7ccccc67)cc5)c5ccc(N(c6cccc7ccccc67)c6cccc7ccccc67)cc45)cc3)c3cccc4ccccc34)cccc2c1. The molecule has 0 saturated heterocycles. The van der Waals surface area contributed by atoms with Gasteiger partial charge >= 0.3 is 0 Å². The average Bonchev–Trinajstić information content (AvgIpc) is 0.721. The zero-order valence-corrected chi connectivity index (χ0v) is 60.2. The third kappa shape index (κ3) is 10.8. The van der Waals surface area contributed by atoms with Gasteiger partial charge in [-0.2, -0.15) is 0 Å². The van der Waals surface area contributed by atoms with Gasteiger partial charge in [-0.25, -0.2) is 0 Å². The molecular weight excluding hydrogens is 1330 g/mol. The van der Waals surface area contributed by atoms with Crippen molar-refractivity contribution in [3.05, 3.63) is 425 Å². The van der Waals surface area contributed by atoms with Crippen LogP contribution in [0, 0.1) is 0 Å². The van der Waals surface area contributed by atoms with Gasteiger partial charge in [0.2, 0.25) is 0 Å². The lowest BCUT2D eigenvalue weighted by atomic mass is 9.85. The Balaban J connectivity index is 0.866. The molecule has 4 heteroatoms. The normalized spacial score (nSPS) is 11.6. The standard InChI is InChI=1S/C106H70N4/c1-9-41-85-71(25-1)33-17-49-97(85)107(98-50-18-34-72-26-2-10-42-86(72)98)81-61-57-79(58-62-81)105-93-67-65-84(110(103-55-23-39-77-31-7-15-47-91(77)103)104-56-24-40-78-32-8-16-48-92(78)104)70-96(93)106(80-59-63-82(64-60-80)108(99-51-19-35-73-27-3-11-43-87(73)99)100-52-20-36-74-28-4-12-44-88(74)100)94-68-66-83(69-95(94)105)109(101-53-21-37-75-29-5-13-45-89(75)101)102-54-22-38-76-30-6-14-46-90(76)102/h1-70H. The van der Waals surface area contributed by atoms with Gasteiger partial charge in [0.05, 0.1) is 45.5 Å². The largest absolute Gasteiger partial charge is 0.309 e. The minimum atomic E-state index is 1.04. The quantitative estimate of drug-likeness (QED) is 0.101. The number of rotatable bonds is 14. The Bertz CT molecular complexity index is 6410. The summed E-state index contributed by atoms with van der Waals surface area (Å²) in [5.41, 5.74) is 17.4. The van der Waals surface area contributed by atoms with E-state index in [0.29, 0.717) is 0 Å². The third-order valence-electron chi connectivity index (χ3n) is 22.5. The monoisotopic (exact) mass is 1400 g/mol. The van der Waals surface area contributed by atoms with Crippen molar-refractivity contribution < 1.29 is 0 Å². The van der Waals surface area contributed by atoms with Crippen LogP contribution in [0.5, 0.6) is 0 Å². The van der Waals surface area contributed by atoms with Crippen LogP contribution in [-0.4, -0.2) is 0 Å². The highest BCUT2D eigenvalue weighted by Gasteiger charge is 2.27. The molecule has 0 atom stereocenters. The van der Waals surface area contributed by atoms with Gasteiger partial charge in [-0.05, 0) is 184 Å². The van der Waals surface area contributed by atoms with Crippen LogP contribution in [0.15, 0.2) is 425 Å². The van der Waals surface area contributed by atoms with Crippen LogP contribution in [0.2, 0.25) is 0 Å². The first-order valence-electron chi connectivity index (χ1n) is 37.9. The second kappa shape index (κ2) is 26.8. The molecule has 21 aromatic rings. The second-order valence-corrected chi connectivity index (χ2v) is 28.6. The second-order valence-electron chi connectivity index (χ2n) is 28.6. The van der Waals surface area contributed by atoms with Crippen LogP contribution < -0.4 is 19.6 Å². The van der Waals surface area contributed by atoms with Crippen molar-refractivity contribution >= 4 is 176 Å². The van der Waals surface area contributed by atoms with Gasteiger partial charge in [-0.3, -0.25) is 0 Å². The summed E-state index contributed by atoms with van der Waals surface area (Å²) in [6, 6.07) is 157. The lowest BCUT2D eigenvalue weighted by molar-refractivity contribution is 1.31. The zero-order chi connectivity index (χ0) is 72.6. The highest BCUT2D eigenvalue weighted by atomic mass is 15.2. The van der Waals surface area contributed by atoms with E-state index in [-0.39, 0.29) is 0 Å². The molecule has 0 radical (unpaired) electrons. The minimum Gasteiger partial charge on any atom is -0.309 e. The first-order chi connectivity index (χ1) is 54.6. The van der Waals surface area contributed by atoms with Gasteiger partial charge in [0.15, 0.2) is 0 Å². The lowest BCUT2D eigenvalue weighted by Crippen LogP contribution is -2.12. The van der Waals surface area contributed by atoms with Crippen molar-refractivity contribution in [1.29, 1.82) is 0 Å². The summed E-state index contributed by atoms with van der Waals surface area (Å²) >= 11 is 0. The van der Waals surface area contributed by atoms with E-state index in [1.54, 1.807) is 0 Å². The summed E-state index contributed by atoms with van der Waals surface area (Å²) in [6.45, 7) is 0. The number of benzene rings is 21. The molecule has 514 valence electrons. The summed E-state index contributed by atoms with van der Waals surface area (Å²) in [7, 11) is 0. The predicted molar refractivity (Wildman–Crippen MR) is 471 cm³/mol. The van der Waals surface area contributed by atoms with Crippen LogP contribution in [0.3, 0.4) is 0 Å². The van der Waals surface area contributed by atoms with Gasteiger partial charge in [-0.15, -0.1) is 0 Å². The maximum absolute atomic E-state index is 2.51. The Morgan fingerprint density at radius 1 is 0.118 bits per heavy atom. The molecule has 4 nitrogen and oxygen atoms in total. The summed E-state index contributed by atoms with van der Waals surface area (Å²) < 4.78 is 0. The summed E-state index contributed by atoms with van der Waals surface area (Å²) in [5, 5.41) is 23.2.